The molecule has 3 rings (SSSR count). The number of anilines is 3. The molecule has 3 N–H and O–H groups in total. The molecule has 1 aromatic heterocycles. The third-order valence-corrected chi connectivity index (χ3v) is 4.22. The smallest absolute Gasteiger partial charge is 0.406 e. The van der Waals surface area contributed by atoms with Crippen molar-refractivity contribution in [1.29, 1.82) is 0 Å². The Kier molecular flexibility index (Phi) is 7.14. The molecule has 0 spiro atoms. The molecule has 0 radical (unpaired) electrons. The number of aryl methyl sites for hydroxylation is 2. The van der Waals surface area contributed by atoms with Gasteiger partial charge in [0.1, 0.15) is 11.6 Å². The van der Waals surface area contributed by atoms with E-state index in [1.165, 1.54) is 12.1 Å². The Balaban J connectivity index is 1.49. The molecule has 3 aromatic rings. The van der Waals surface area contributed by atoms with Gasteiger partial charge in [-0.1, -0.05) is 17.7 Å². The lowest BCUT2D eigenvalue weighted by molar-refractivity contribution is -0.274. The van der Waals surface area contributed by atoms with Gasteiger partial charge in [0.25, 0.3) is 5.91 Å². The first kappa shape index (κ1) is 22.9. The zero-order chi connectivity index (χ0) is 23.1. The number of hydrogen-bond donors (Lipinski definition) is 3. The van der Waals surface area contributed by atoms with Gasteiger partial charge in [-0.15, -0.1) is 13.2 Å². The summed E-state index contributed by atoms with van der Waals surface area (Å²) in [5, 5.41) is 8.94. The van der Waals surface area contributed by atoms with Gasteiger partial charge in [0, 0.05) is 36.1 Å². The number of ether oxygens (including phenoxy) is 1. The van der Waals surface area contributed by atoms with Crippen LogP contribution in [0.5, 0.6) is 5.75 Å². The van der Waals surface area contributed by atoms with Crippen molar-refractivity contribution in [3.05, 3.63) is 71.4 Å². The van der Waals surface area contributed by atoms with Crippen LogP contribution in [-0.4, -0.2) is 35.3 Å². The maximum Gasteiger partial charge on any atom is 0.573 e. The van der Waals surface area contributed by atoms with E-state index in [9.17, 15) is 18.0 Å². The van der Waals surface area contributed by atoms with Crippen LogP contribution >= 0.6 is 0 Å². The van der Waals surface area contributed by atoms with Crippen LogP contribution in [0, 0.1) is 13.8 Å². The largest absolute Gasteiger partial charge is 0.573 e. The molecule has 0 aliphatic heterocycles. The average Bonchev–Trinajstić information content (AvgIpc) is 2.72. The number of aromatic nitrogens is 2. The first-order chi connectivity index (χ1) is 15.2. The van der Waals surface area contributed by atoms with Gasteiger partial charge in [-0.25, -0.2) is 4.98 Å². The Morgan fingerprint density at radius 3 is 2.31 bits per heavy atom. The second kappa shape index (κ2) is 9.99. The molecule has 7 nitrogen and oxygen atoms in total. The summed E-state index contributed by atoms with van der Waals surface area (Å²) in [5.74, 6) is 0.233. The topological polar surface area (TPSA) is 88.2 Å². The van der Waals surface area contributed by atoms with E-state index in [1.807, 2.05) is 44.2 Å². The van der Waals surface area contributed by atoms with Crippen molar-refractivity contribution in [3.63, 3.8) is 0 Å². The lowest BCUT2D eigenvalue weighted by Gasteiger charge is -2.11. The fourth-order valence-electron chi connectivity index (χ4n) is 2.76. The summed E-state index contributed by atoms with van der Waals surface area (Å²) in [4.78, 5) is 20.9. The molecule has 1 heterocycles. The molecule has 10 heteroatoms. The van der Waals surface area contributed by atoms with Gasteiger partial charge in [-0.2, -0.15) is 4.98 Å². The first-order valence-electron chi connectivity index (χ1n) is 9.75. The number of carbonyl (C=O) groups excluding carboxylic acids is 1. The first-order valence-corrected chi connectivity index (χ1v) is 9.75. The average molecular weight is 445 g/mol. The van der Waals surface area contributed by atoms with Crippen molar-refractivity contribution in [2.75, 3.05) is 23.7 Å². The number of amides is 1. The summed E-state index contributed by atoms with van der Waals surface area (Å²) in [7, 11) is 0. The Bertz CT molecular complexity index is 1050. The van der Waals surface area contributed by atoms with Crippen LogP contribution in [0.3, 0.4) is 0 Å². The second-order valence-corrected chi connectivity index (χ2v) is 6.96. The molecule has 2 aromatic carbocycles. The predicted molar refractivity (Wildman–Crippen MR) is 115 cm³/mol. The normalized spacial score (nSPS) is 11.0. The van der Waals surface area contributed by atoms with Crippen LogP contribution in [0.4, 0.5) is 30.6 Å². The molecule has 168 valence electrons. The maximum absolute atomic E-state index is 12.2. The van der Waals surface area contributed by atoms with Crippen molar-refractivity contribution in [2.45, 2.75) is 20.2 Å². The quantitative estimate of drug-likeness (QED) is 0.440. The molecule has 0 atom stereocenters. The van der Waals surface area contributed by atoms with Crippen LogP contribution in [0.25, 0.3) is 0 Å². The number of alkyl halides is 3. The van der Waals surface area contributed by atoms with Gasteiger partial charge in [-0.05, 0) is 50.2 Å². The van der Waals surface area contributed by atoms with Crippen LogP contribution in [0.15, 0.2) is 54.6 Å². The van der Waals surface area contributed by atoms with E-state index in [2.05, 4.69) is 30.7 Å². The summed E-state index contributed by atoms with van der Waals surface area (Å²) in [6.07, 6.45) is -4.77. The van der Waals surface area contributed by atoms with Gasteiger partial charge < -0.3 is 20.7 Å². The second-order valence-electron chi connectivity index (χ2n) is 6.96. The predicted octanol–water partition coefficient (Wildman–Crippen LogP) is 4.58. The Hall–Kier alpha value is -3.82. The summed E-state index contributed by atoms with van der Waals surface area (Å²) in [6, 6.07) is 14.4. The third kappa shape index (κ3) is 7.15. The minimum absolute atomic E-state index is 0.218. The number of rotatable bonds is 8. The van der Waals surface area contributed by atoms with Crippen LogP contribution in [0.2, 0.25) is 0 Å². The highest BCUT2D eigenvalue weighted by Crippen LogP contribution is 2.22. The van der Waals surface area contributed by atoms with Crippen molar-refractivity contribution >= 4 is 23.4 Å². The SMILES string of the molecule is Cc1ccc(Nc2cc(C)nc(NCCNC(=O)c3ccc(OC(F)(F)F)cc3)n2)cc1. The molecular weight excluding hydrogens is 423 g/mol. The Labute approximate surface area is 183 Å². The third-order valence-electron chi connectivity index (χ3n) is 4.22. The minimum atomic E-state index is -4.77. The zero-order valence-corrected chi connectivity index (χ0v) is 17.5. The Morgan fingerprint density at radius 2 is 1.66 bits per heavy atom. The van der Waals surface area contributed by atoms with Gasteiger partial charge in [0.2, 0.25) is 5.95 Å². The monoisotopic (exact) mass is 445 g/mol. The molecule has 1 amide bonds. The molecule has 0 aliphatic rings. The van der Waals surface area contributed by atoms with Gasteiger partial charge in [0.05, 0.1) is 0 Å². The fourth-order valence-corrected chi connectivity index (χ4v) is 2.76. The summed E-state index contributed by atoms with van der Waals surface area (Å²) in [5.41, 5.74) is 3.04. The maximum atomic E-state index is 12.2. The van der Waals surface area contributed by atoms with E-state index in [4.69, 9.17) is 0 Å². The number of hydrogen-bond acceptors (Lipinski definition) is 6. The van der Waals surface area contributed by atoms with Crippen molar-refractivity contribution < 1.29 is 22.7 Å². The standard InChI is InChI=1S/C22H22F3N5O2/c1-14-3-7-17(8-4-14)29-19-13-15(2)28-21(30-19)27-12-11-26-20(31)16-5-9-18(10-6-16)32-22(23,24)25/h3-10,13H,11-12H2,1-2H3,(H,26,31)(H2,27,28,29,30). The molecule has 0 saturated carbocycles. The van der Waals surface area contributed by atoms with Crippen LogP contribution < -0.4 is 20.7 Å². The number of halogens is 3. The fraction of sp³-hybridized carbons (Fsp3) is 0.227. The van der Waals surface area contributed by atoms with E-state index in [1.54, 1.807) is 0 Å². The van der Waals surface area contributed by atoms with Gasteiger partial charge in [-0.3, -0.25) is 4.79 Å². The van der Waals surface area contributed by atoms with E-state index in [0.717, 1.165) is 29.1 Å². The highest BCUT2D eigenvalue weighted by molar-refractivity contribution is 5.94. The number of nitrogens with zero attached hydrogens (tertiary/aromatic N) is 2. The molecule has 0 unspecified atom stereocenters. The highest BCUT2D eigenvalue weighted by atomic mass is 19.4. The molecule has 32 heavy (non-hydrogen) atoms. The number of carbonyl (C=O) groups is 1. The minimum Gasteiger partial charge on any atom is -0.406 e. The zero-order valence-electron chi connectivity index (χ0n) is 17.5. The van der Waals surface area contributed by atoms with Crippen molar-refractivity contribution in [3.8, 4) is 5.75 Å². The van der Waals surface area contributed by atoms with Crippen LogP contribution in [0.1, 0.15) is 21.6 Å². The molecule has 0 aliphatic carbocycles. The van der Waals surface area contributed by atoms with Gasteiger partial charge >= 0.3 is 6.36 Å². The molecular formula is C22H22F3N5O2. The summed E-state index contributed by atoms with van der Waals surface area (Å²) in [6.45, 7) is 4.48. The van der Waals surface area contributed by atoms with Crippen LogP contribution in [-0.2, 0) is 0 Å². The molecule has 0 saturated heterocycles. The van der Waals surface area contributed by atoms with E-state index in [0.29, 0.717) is 18.3 Å². The lowest BCUT2D eigenvalue weighted by Crippen LogP contribution is -2.29. The highest BCUT2D eigenvalue weighted by Gasteiger charge is 2.31. The molecule has 0 fully saturated rings. The molecule has 0 bridgehead atoms. The van der Waals surface area contributed by atoms with Crippen molar-refractivity contribution in [2.24, 2.45) is 0 Å². The van der Waals surface area contributed by atoms with E-state index < -0.39 is 12.3 Å². The van der Waals surface area contributed by atoms with E-state index >= 15 is 0 Å². The lowest BCUT2D eigenvalue weighted by atomic mass is 10.2. The van der Waals surface area contributed by atoms with Gasteiger partial charge in [0.15, 0.2) is 0 Å². The van der Waals surface area contributed by atoms with E-state index in [-0.39, 0.29) is 17.9 Å². The number of benzene rings is 2. The summed E-state index contributed by atoms with van der Waals surface area (Å²) >= 11 is 0. The number of nitrogens with one attached hydrogen (secondary N) is 3. The van der Waals surface area contributed by atoms with Crippen molar-refractivity contribution in [1.82, 2.24) is 15.3 Å². The summed E-state index contributed by atoms with van der Waals surface area (Å²) < 4.78 is 40.4. The Morgan fingerprint density at radius 1 is 0.969 bits per heavy atom.